The SMILES string of the molecule is CC.CCOC.Cc1csc(C)n1.O=CCn1c(Br)nc2c(c1=O)NCCC2. The van der Waals surface area contributed by atoms with Gasteiger partial charge in [-0.15, -0.1) is 11.3 Å². The molecule has 2 aromatic rings. The Morgan fingerprint density at radius 3 is 2.43 bits per heavy atom. The molecular formula is C19H31BrN4O3S. The number of methoxy groups -OCH3 is 1. The molecular weight excluding hydrogens is 444 g/mol. The summed E-state index contributed by atoms with van der Waals surface area (Å²) < 4.78 is 6.27. The molecule has 0 amide bonds. The lowest BCUT2D eigenvalue weighted by molar-refractivity contribution is -0.108. The molecule has 1 N–H and O–H groups in total. The third-order valence-corrected chi connectivity index (χ3v) is 4.87. The number of anilines is 1. The second-order valence-corrected chi connectivity index (χ2v) is 7.17. The summed E-state index contributed by atoms with van der Waals surface area (Å²) >= 11 is 4.89. The van der Waals surface area contributed by atoms with Crippen LogP contribution >= 0.6 is 27.3 Å². The molecule has 0 saturated carbocycles. The van der Waals surface area contributed by atoms with E-state index < -0.39 is 0 Å². The van der Waals surface area contributed by atoms with Gasteiger partial charge in [0, 0.05) is 31.3 Å². The van der Waals surface area contributed by atoms with E-state index in [1.54, 1.807) is 18.4 Å². The van der Waals surface area contributed by atoms with Gasteiger partial charge in [-0.25, -0.2) is 9.97 Å². The minimum atomic E-state index is -0.182. The number of aryl methyl sites for hydroxylation is 3. The first-order valence-electron chi connectivity index (χ1n) is 9.28. The summed E-state index contributed by atoms with van der Waals surface area (Å²) in [6, 6.07) is 0. The first-order valence-corrected chi connectivity index (χ1v) is 11.0. The van der Waals surface area contributed by atoms with Crippen LogP contribution in [0.15, 0.2) is 14.9 Å². The van der Waals surface area contributed by atoms with Gasteiger partial charge in [-0.05, 0) is 49.5 Å². The Morgan fingerprint density at radius 1 is 1.36 bits per heavy atom. The highest BCUT2D eigenvalue weighted by molar-refractivity contribution is 9.10. The number of nitrogens with one attached hydrogen (secondary N) is 1. The number of carbonyl (C=O) groups excluding carboxylic acids is 1. The first-order chi connectivity index (χ1) is 13.4. The van der Waals surface area contributed by atoms with Crippen LogP contribution in [0.25, 0.3) is 0 Å². The van der Waals surface area contributed by atoms with Crippen LogP contribution in [0.3, 0.4) is 0 Å². The van der Waals surface area contributed by atoms with E-state index in [0.717, 1.165) is 42.4 Å². The molecule has 0 spiro atoms. The average Bonchev–Trinajstić information content (AvgIpc) is 3.10. The Balaban J connectivity index is 0.000000466. The zero-order valence-electron chi connectivity index (χ0n) is 17.5. The zero-order valence-corrected chi connectivity index (χ0v) is 19.9. The maximum Gasteiger partial charge on any atom is 0.278 e. The van der Waals surface area contributed by atoms with Crippen molar-refractivity contribution in [3.63, 3.8) is 0 Å². The molecule has 0 aliphatic carbocycles. The quantitative estimate of drug-likeness (QED) is 0.534. The van der Waals surface area contributed by atoms with Gasteiger partial charge in [0.15, 0.2) is 4.73 Å². The summed E-state index contributed by atoms with van der Waals surface area (Å²) in [5.41, 5.74) is 2.26. The van der Waals surface area contributed by atoms with Gasteiger partial charge in [0.05, 0.1) is 17.2 Å². The van der Waals surface area contributed by atoms with Gasteiger partial charge >= 0.3 is 0 Å². The molecule has 158 valence electrons. The lowest BCUT2D eigenvalue weighted by Gasteiger charge is -2.18. The molecule has 2 aromatic heterocycles. The van der Waals surface area contributed by atoms with Gasteiger partial charge in [-0.2, -0.15) is 0 Å². The van der Waals surface area contributed by atoms with Crippen molar-refractivity contribution in [1.82, 2.24) is 14.5 Å². The Labute approximate surface area is 179 Å². The van der Waals surface area contributed by atoms with Crippen LogP contribution < -0.4 is 10.9 Å². The number of halogens is 1. The normalized spacial score (nSPS) is 11.2. The molecule has 0 radical (unpaired) electrons. The fraction of sp³-hybridized carbons (Fsp3) is 0.579. The van der Waals surface area contributed by atoms with Crippen molar-refractivity contribution in [1.29, 1.82) is 0 Å². The molecule has 1 aliphatic heterocycles. The Kier molecular flexibility index (Phi) is 14.5. The lowest BCUT2D eigenvalue weighted by Crippen LogP contribution is -2.30. The number of carbonyl (C=O) groups is 1. The second-order valence-electron chi connectivity index (χ2n) is 5.40. The minimum Gasteiger partial charge on any atom is -0.385 e. The number of fused-ring (bicyclic) bond motifs is 1. The molecule has 7 nitrogen and oxygen atoms in total. The zero-order chi connectivity index (χ0) is 21.5. The topological polar surface area (TPSA) is 86.1 Å². The highest BCUT2D eigenvalue weighted by atomic mass is 79.9. The fourth-order valence-electron chi connectivity index (χ4n) is 2.10. The predicted molar refractivity (Wildman–Crippen MR) is 120 cm³/mol. The van der Waals surface area contributed by atoms with E-state index in [1.165, 1.54) is 4.57 Å². The van der Waals surface area contributed by atoms with Crippen LogP contribution in [0.4, 0.5) is 5.69 Å². The van der Waals surface area contributed by atoms with Gasteiger partial charge < -0.3 is 14.8 Å². The monoisotopic (exact) mass is 474 g/mol. The third kappa shape index (κ3) is 9.07. The second kappa shape index (κ2) is 15.4. The molecule has 3 rings (SSSR count). The summed E-state index contributed by atoms with van der Waals surface area (Å²) in [5, 5.41) is 6.23. The molecule has 3 heterocycles. The van der Waals surface area contributed by atoms with E-state index in [9.17, 15) is 9.59 Å². The smallest absolute Gasteiger partial charge is 0.278 e. The largest absolute Gasteiger partial charge is 0.385 e. The fourth-order valence-corrected chi connectivity index (χ4v) is 3.21. The van der Waals surface area contributed by atoms with Crippen molar-refractivity contribution >= 4 is 39.2 Å². The van der Waals surface area contributed by atoms with E-state index in [0.29, 0.717) is 16.7 Å². The maximum atomic E-state index is 11.9. The maximum absolute atomic E-state index is 11.9. The number of rotatable bonds is 3. The average molecular weight is 475 g/mol. The lowest BCUT2D eigenvalue weighted by atomic mass is 10.1. The van der Waals surface area contributed by atoms with Crippen molar-refractivity contribution in [3.05, 3.63) is 36.9 Å². The summed E-state index contributed by atoms with van der Waals surface area (Å²) in [4.78, 5) is 30.7. The number of hydrogen-bond acceptors (Lipinski definition) is 7. The highest BCUT2D eigenvalue weighted by Gasteiger charge is 2.17. The number of aromatic nitrogens is 3. The molecule has 9 heteroatoms. The van der Waals surface area contributed by atoms with E-state index in [1.807, 2.05) is 34.6 Å². The van der Waals surface area contributed by atoms with Crippen LogP contribution in [0.5, 0.6) is 0 Å². The van der Waals surface area contributed by atoms with Crippen LogP contribution in [0.2, 0.25) is 0 Å². The van der Waals surface area contributed by atoms with Crippen molar-refractivity contribution < 1.29 is 9.53 Å². The van der Waals surface area contributed by atoms with Crippen LogP contribution in [0.1, 0.15) is 43.6 Å². The van der Waals surface area contributed by atoms with Crippen molar-refractivity contribution in [2.24, 2.45) is 0 Å². The summed E-state index contributed by atoms with van der Waals surface area (Å²) in [6.07, 6.45) is 2.46. The summed E-state index contributed by atoms with van der Waals surface area (Å²) in [6.45, 7) is 11.6. The Bertz CT molecular complexity index is 744. The molecule has 0 bridgehead atoms. The standard InChI is InChI=1S/C9H10BrN3O2.C5H7NS.C3H8O.C2H6/c10-9-12-6-2-1-3-11-7(6)8(15)13(9)4-5-14;1-4-3-7-5(2)6-4;1-3-4-2;1-2/h5,11H,1-4H2;3H,1-2H3;3H2,1-2H3;1-2H3. The summed E-state index contributed by atoms with van der Waals surface area (Å²) in [5.74, 6) is 0. The molecule has 0 unspecified atom stereocenters. The highest BCUT2D eigenvalue weighted by Crippen LogP contribution is 2.17. The van der Waals surface area contributed by atoms with Crippen LogP contribution in [0, 0.1) is 13.8 Å². The number of thiazole rings is 1. The van der Waals surface area contributed by atoms with Gasteiger partial charge in [0.1, 0.15) is 12.0 Å². The molecule has 28 heavy (non-hydrogen) atoms. The Hall–Kier alpha value is -1.58. The number of hydrogen-bond donors (Lipinski definition) is 1. The van der Waals surface area contributed by atoms with Crippen molar-refractivity contribution in [2.45, 2.75) is 54.0 Å². The van der Waals surface area contributed by atoms with Gasteiger partial charge in [-0.3, -0.25) is 9.36 Å². The van der Waals surface area contributed by atoms with Crippen LogP contribution in [-0.4, -0.2) is 41.1 Å². The van der Waals surface area contributed by atoms with Gasteiger partial charge in [0.25, 0.3) is 5.56 Å². The predicted octanol–water partition coefficient (Wildman–Crippen LogP) is 4.00. The molecule has 0 aromatic carbocycles. The number of nitrogens with zero attached hydrogens (tertiary/aromatic N) is 3. The van der Waals surface area contributed by atoms with Crippen molar-refractivity contribution in [2.75, 3.05) is 25.6 Å². The van der Waals surface area contributed by atoms with E-state index in [4.69, 9.17) is 0 Å². The summed E-state index contributed by atoms with van der Waals surface area (Å²) in [7, 11) is 1.68. The Morgan fingerprint density at radius 2 is 2.00 bits per heavy atom. The molecule has 0 fully saturated rings. The first kappa shape index (κ1) is 26.4. The van der Waals surface area contributed by atoms with E-state index in [-0.39, 0.29) is 12.1 Å². The van der Waals surface area contributed by atoms with E-state index in [2.05, 4.69) is 41.3 Å². The molecule has 1 aliphatic rings. The van der Waals surface area contributed by atoms with Gasteiger partial charge in [-0.1, -0.05) is 13.8 Å². The van der Waals surface area contributed by atoms with Crippen molar-refractivity contribution in [3.8, 4) is 0 Å². The molecule has 0 atom stereocenters. The van der Waals surface area contributed by atoms with E-state index >= 15 is 0 Å². The number of ether oxygens (including phenoxy) is 1. The third-order valence-electron chi connectivity index (χ3n) is 3.37. The minimum absolute atomic E-state index is 0.0291. The van der Waals surface area contributed by atoms with Gasteiger partial charge in [0.2, 0.25) is 0 Å². The molecule has 0 saturated heterocycles. The van der Waals surface area contributed by atoms with Crippen LogP contribution in [-0.2, 0) is 22.5 Å². The number of aldehydes is 1.